The predicted octanol–water partition coefficient (Wildman–Crippen LogP) is 13.5. The predicted molar refractivity (Wildman–Crippen MR) is 190 cm³/mol. The van der Waals surface area contributed by atoms with Crippen LogP contribution in [-0.2, 0) is 14.3 Å². The lowest BCUT2D eigenvalue weighted by Crippen LogP contribution is -2.18. The molecule has 0 saturated carbocycles. The Morgan fingerprint density at radius 1 is 0.477 bits per heavy atom. The van der Waals surface area contributed by atoms with E-state index in [-0.39, 0.29) is 18.5 Å². The number of allylic oxidation sites excluding steroid dienone is 2. The average molecular weight is 621 g/mol. The number of aliphatic carboxylic acids is 1. The van der Waals surface area contributed by atoms with E-state index in [0.29, 0.717) is 6.42 Å². The molecule has 0 aromatic heterocycles. The third-order valence-corrected chi connectivity index (χ3v) is 8.99. The van der Waals surface area contributed by atoms with Gasteiger partial charge in [0.15, 0.2) is 0 Å². The number of unbranched alkanes of at least 4 members (excludes halogenated alkanes) is 25. The van der Waals surface area contributed by atoms with Gasteiger partial charge in [0.2, 0.25) is 0 Å². The molecule has 0 amide bonds. The topological polar surface area (TPSA) is 63.6 Å². The second-order valence-electron chi connectivity index (χ2n) is 13.5. The zero-order valence-corrected chi connectivity index (χ0v) is 29.7. The molecule has 0 radical (unpaired) electrons. The lowest BCUT2D eigenvalue weighted by molar-refractivity contribution is -0.150. The van der Waals surface area contributed by atoms with Crippen LogP contribution < -0.4 is 0 Å². The molecule has 0 aromatic rings. The van der Waals surface area contributed by atoms with E-state index in [2.05, 4.69) is 26.0 Å². The molecule has 0 rings (SSSR count). The van der Waals surface area contributed by atoms with Crippen LogP contribution in [0.3, 0.4) is 0 Å². The maximum atomic E-state index is 12.5. The summed E-state index contributed by atoms with van der Waals surface area (Å²) in [5.74, 6) is -0.724. The summed E-state index contributed by atoms with van der Waals surface area (Å²) in [4.78, 5) is 23.2. The number of carboxylic acid groups (broad SMARTS) is 1. The van der Waals surface area contributed by atoms with Gasteiger partial charge in [0.1, 0.15) is 6.10 Å². The van der Waals surface area contributed by atoms with Crippen LogP contribution in [0.15, 0.2) is 12.2 Å². The van der Waals surface area contributed by atoms with E-state index >= 15 is 0 Å². The first-order valence-electron chi connectivity index (χ1n) is 19.7. The largest absolute Gasteiger partial charge is 0.481 e. The molecule has 1 N–H and O–H groups in total. The van der Waals surface area contributed by atoms with Gasteiger partial charge < -0.3 is 9.84 Å². The lowest BCUT2D eigenvalue weighted by atomic mass is 10.0. The molecule has 0 aliphatic carbocycles. The molecular formula is C40H76O4. The van der Waals surface area contributed by atoms with Gasteiger partial charge in [0.05, 0.1) is 0 Å². The fourth-order valence-electron chi connectivity index (χ4n) is 6.06. The number of hydrogen-bond acceptors (Lipinski definition) is 3. The van der Waals surface area contributed by atoms with Crippen molar-refractivity contribution in [3.63, 3.8) is 0 Å². The number of esters is 1. The van der Waals surface area contributed by atoms with E-state index in [1.807, 2.05) is 0 Å². The molecule has 0 heterocycles. The second kappa shape index (κ2) is 36.2. The molecule has 1 unspecified atom stereocenters. The zero-order valence-electron chi connectivity index (χ0n) is 29.7. The molecular weight excluding hydrogens is 544 g/mol. The average Bonchev–Trinajstić information content (AvgIpc) is 3.01. The van der Waals surface area contributed by atoms with Crippen LogP contribution in [0.2, 0.25) is 0 Å². The summed E-state index contributed by atoms with van der Waals surface area (Å²) in [6.07, 6.45) is 43.9. The SMILES string of the molecule is CCCCCCCC/C=C\CCCCCCCCCCCCCC(=O)OC(CCCCCCCC)CCCCCCC(=O)O. The number of ether oxygens (including phenoxy) is 1. The summed E-state index contributed by atoms with van der Waals surface area (Å²) in [6, 6.07) is 0. The Bertz CT molecular complexity index is 629. The minimum Gasteiger partial charge on any atom is -0.481 e. The minimum atomic E-state index is -0.710. The van der Waals surface area contributed by atoms with E-state index in [9.17, 15) is 9.59 Å². The van der Waals surface area contributed by atoms with E-state index < -0.39 is 5.97 Å². The third kappa shape index (κ3) is 35.2. The number of carbonyl (C=O) groups is 2. The smallest absolute Gasteiger partial charge is 0.306 e. The van der Waals surface area contributed by atoms with Gasteiger partial charge in [-0.25, -0.2) is 0 Å². The molecule has 0 aliphatic rings. The summed E-state index contributed by atoms with van der Waals surface area (Å²) in [5.41, 5.74) is 0. The summed E-state index contributed by atoms with van der Waals surface area (Å²) < 4.78 is 5.93. The molecule has 0 fully saturated rings. The Morgan fingerprint density at radius 3 is 1.23 bits per heavy atom. The summed E-state index contributed by atoms with van der Waals surface area (Å²) >= 11 is 0. The Kier molecular flexibility index (Phi) is 35.1. The van der Waals surface area contributed by atoms with Crippen LogP contribution in [-0.4, -0.2) is 23.1 Å². The summed E-state index contributed by atoms with van der Waals surface area (Å²) in [6.45, 7) is 4.52. The molecule has 4 nitrogen and oxygen atoms in total. The second-order valence-corrected chi connectivity index (χ2v) is 13.5. The van der Waals surface area contributed by atoms with Crippen molar-refractivity contribution in [2.45, 2.75) is 232 Å². The lowest BCUT2D eigenvalue weighted by Gasteiger charge is -2.18. The van der Waals surface area contributed by atoms with Gasteiger partial charge in [-0.3, -0.25) is 9.59 Å². The quantitative estimate of drug-likeness (QED) is 0.0430. The van der Waals surface area contributed by atoms with Crippen LogP contribution in [0.25, 0.3) is 0 Å². The van der Waals surface area contributed by atoms with E-state index in [1.54, 1.807) is 0 Å². The van der Waals surface area contributed by atoms with Crippen molar-refractivity contribution < 1.29 is 19.4 Å². The molecule has 0 saturated heterocycles. The van der Waals surface area contributed by atoms with Crippen molar-refractivity contribution in [2.24, 2.45) is 0 Å². The molecule has 4 heteroatoms. The third-order valence-electron chi connectivity index (χ3n) is 8.99. The van der Waals surface area contributed by atoms with Crippen molar-refractivity contribution in [3.8, 4) is 0 Å². The van der Waals surface area contributed by atoms with Gasteiger partial charge in [-0.1, -0.05) is 161 Å². The normalized spacial score (nSPS) is 12.2. The van der Waals surface area contributed by atoms with Crippen molar-refractivity contribution in [1.82, 2.24) is 0 Å². The van der Waals surface area contributed by atoms with Crippen molar-refractivity contribution >= 4 is 11.9 Å². The van der Waals surface area contributed by atoms with Crippen molar-refractivity contribution in [1.29, 1.82) is 0 Å². The Hall–Kier alpha value is -1.32. The maximum absolute atomic E-state index is 12.5. The van der Waals surface area contributed by atoms with E-state index in [1.165, 1.54) is 141 Å². The highest BCUT2D eigenvalue weighted by atomic mass is 16.5. The Balaban J connectivity index is 3.72. The number of carboxylic acids is 1. The van der Waals surface area contributed by atoms with Gasteiger partial charge in [-0.15, -0.1) is 0 Å². The fraction of sp³-hybridized carbons (Fsp3) is 0.900. The highest BCUT2D eigenvalue weighted by Gasteiger charge is 2.14. The van der Waals surface area contributed by atoms with E-state index in [4.69, 9.17) is 9.84 Å². The van der Waals surface area contributed by atoms with Gasteiger partial charge in [0, 0.05) is 12.8 Å². The first-order valence-corrected chi connectivity index (χ1v) is 19.7. The first kappa shape index (κ1) is 42.7. The van der Waals surface area contributed by atoms with Crippen LogP contribution >= 0.6 is 0 Å². The zero-order chi connectivity index (χ0) is 32.2. The van der Waals surface area contributed by atoms with Gasteiger partial charge in [0.25, 0.3) is 0 Å². The van der Waals surface area contributed by atoms with Gasteiger partial charge in [-0.05, 0) is 64.2 Å². The molecule has 1 atom stereocenters. The van der Waals surface area contributed by atoms with E-state index in [0.717, 1.165) is 57.8 Å². The first-order chi connectivity index (χ1) is 21.6. The summed E-state index contributed by atoms with van der Waals surface area (Å²) in [7, 11) is 0. The molecule has 0 aromatic carbocycles. The number of hydrogen-bond donors (Lipinski definition) is 1. The highest BCUT2D eigenvalue weighted by molar-refractivity contribution is 5.69. The van der Waals surface area contributed by atoms with Gasteiger partial charge >= 0.3 is 11.9 Å². The molecule has 0 bridgehead atoms. The molecule has 44 heavy (non-hydrogen) atoms. The van der Waals surface area contributed by atoms with Crippen LogP contribution in [0.5, 0.6) is 0 Å². The number of rotatable bonds is 36. The Labute approximate surface area is 275 Å². The van der Waals surface area contributed by atoms with Crippen LogP contribution in [0, 0.1) is 0 Å². The fourth-order valence-corrected chi connectivity index (χ4v) is 6.06. The highest BCUT2D eigenvalue weighted by Crippen LogP contribution is 2.18. The molecule has 260 valence electrons. The van der Waals surface area contributed by atoms with Crippen LogP contribution in [0.1, 0.15) is 226 Å². The molecule has 0 spiro atoms. The monoisotopic (exact) mass is 621 g/mol. The minimum absolute atomic E-state index is 0.0137. The summed E-state index contributed by atoms with van der Waals surface area (Å²) in [5, 5.41) is 8.81. The van der Waals surface area contributed by atoms with Gasteiger partial charge in [-0.2, -0.15) is 0 Å². The van der Waals surface area contributed by atoms with Crippen molar-refractivity contribution in [3.05, 3.63) is 12.2 Å². The maximum Gasteiger partial charge on any atom is 0.306 e. The number of carbonyl (C=O) groups excluding carboxylic acids is 1. The van der Waals surface area contributed by atoms with Crippen molar-refractivity contribution in [2.75, 3.05) is 0 Å². The Morgan fingerprint density at radius 2 is 0.818 bits per heavy atom. The standard InChI is InChI=1S/C40H76O4/c1-3-5-7-9-11-12-13-14-15-16-17-18-19-20-21-22-23-24-25-27-33-37-40(43)44-38(34-30-26-10-8-6-4-2)35-31-28-29-32-36-39(41)42/h14-15,38H,3-13,16-37H2,1-2H3,(H,41,42)/b15-14-. The van der Waals surface area contributed by atoms with Crippen LogP contribution in [0.4, 0.5) is 0 Å². The molecule has 0 aliphatic heterocycles.